The van der Waals surface area contributed by atoms with Crippen molar-refractivity contribution in [3.8, 4) is 5.75 Å². The second kappa shape index (κ2) is 14.3. The molecule has 1 atom stereocenters. The number of likely N-dealkylation sites (N-methyl/N-ethyl adjacent to an activating group) is 1. The molecule has 1 aliphatic heterocycles. The Kier molecular flexibility index (Phi) is 11.1. The minimum atomic E-state index is -4.17. The Morgan fingerprint density at radius 1 is 1.07 bits per heavy atom. The van der Waals surface area contributed by atoms with Crippen molar-refractivity contribution in [2.24, 2.45) is 0 Å². The van der Waals surface area contributed by atoms with Crippen molar-refractivity contribution in [2.75, 3.05) is 33.7 Å². The van der Waals surface area contributed by atoms with Crippen molar-refractivity contribution in [1.29, 1.82) is 0 Å². The average Bonchev–Trinajstić information content (AvgIpc) is 3.47. The molecule has 0 spiro atoms. The fraction of sp³-hybridized carbons (Fsp3) is 0.485. The summed E-state index contributed by atoms with van der Waals surface area (Å²) in [4.78, 5) is 33.2. The first-order valence-electron chi connectivity index (χ1n) is 15.2. The van der Waals surface area contributed by atoms with Crippen LogP contribution in [0.1, 0.15) is 56.9 Å². The summed E-state index contributed by atoms with van der Waals surface area (Å²) in [6.07, 6.45) is 0.959. The largest absolute Gasteiger partial charge is 0.487 e. The van der Waals surface area contributed by atoms with Crippen molar-refractivity contribution in [1.82, 2.24) is 19.1 Å². The fourth-order valence-electron chi connectivity index (χ4n) is 5.47. The van der Waals surface area contributed by atoms with Gasteiger partial charge in [-0.3, -0.25) is 4.79 Å². The zero-order valence-corrected chi connectivity index (χ0v) is 29.7. The maximum absolute atomic E-state index is 14.0. The molecule has 10 nitrogen and oxygen atoms in total. The van der Waals surface area contributed by atoms with Gasteiger partial charge < -0.3 is 19.3 Å². The summed E-state index contributed by atoms with van der Waals surface area (Å²) in [5.74, 6) is 0.207. The van der Waals surface area contributed by atoms with E-state index >= 15 is 0 Å². The number of hydrogen-bond acceptors (Lipinski definition) is 7. The van der Waals surface area contributed by atoms with Gasteiger partial charge in [-0.05, 0) is 83.7 Å². The molecule has 4 rings (SSSR count). The molecule has 1 aromatic heterocycles. The summed E-state index contributed by atoms with van der Waals surface area (Å²) < 4.78 is 40.7. The number of aromatic nitrogens is 1. The predicted octanol–water partition coefficient (Wildman–Crippen LogP) is 6.61. The molecule has 1 unspecified atom stereocenters. The Labute approximate surface area is 281 Å². The van der Waals surface area contributed by atoms with E-state index in [2.05, 4.69) is 4.98 Å². The number of amides is 2. The number of rotatable bonds is 10. The lowest BCUT2D eigenvalue weighted by Crippen LogP contribution is -2.47. The van der Waals surface area contributed by atoms with E-state index in [1.807, 2.05) is 32.0 Å². The number of para-hydroxylation sites is 1. The number of carbonyl (C=O) groups is 2. The molecule has 2 heterocycles. The molecule has 0 bridgehead atoms. The molecule has 1 fully saturated rings. The van der Waals surface area contributed by atoms with Crippen molar-refractivity contribution in [3.63, 3.8) is 0 Å². The normalized spacial score (nSPS) is 15.6. The minimum absolute atomic E-state index is 0.0512. The number of carbonyl (C=O) groups excluding carboxylic acids is 2. The molecule has 2 amide bonds. The van der Waals surface area contributed by atoms with Gasteiger partial charge >= 0.3 is 6.09 Å². The number of sulfonamides is 1. The molecule has 0 saturated carbocycles. The maximum Gasteiger partial charge on any atom is 0.410 e. The van der Waals surface area contributed by atoms with Gasteiger partial charge in [-0.1, -0.05) is 35.3 Å². The highest BCUT2D eigenvalue weighted by Gasteiger charge is 2.41. The van der Waals surface area contributed by atoms with Gasteiger partial charge in [0.1, 0.15) is 34.4 Å². The topological polar surface area (TPSA) is 109 Å². The van der Waals surface area contributed by atoms with Crippen LogP contribution in [0.25, 0.3) is 10.9 Å². The van der Waals surface area contributed by atoms with Crippen molar-refractivity contribution >= 4 is 56.1 Å². The third kappa shape index (κ3) is 8.05. The monoisotopic (exact) mass is 692 g/mol. The molecule has 13 heteroatoms. The highest BCUT2D eigenvalue weighted by Crippen LogP contribution is 2.37. The predicted molar refractivity (Wildman–Crippen MR) is 180 cm³/mol. The first kappa shape index (κ1) is 35.7. The highest BCUT2D eigenvalue weighted by molar-refractivity contribution is 7.89. The first-order valence-corrected chi connectivity index (χ1v) is 17.4. The van der Waals surface area contributed by atoms with Crippen LogP contribution in [0, 0.1) is 13.8 Å². The lowest BCUT2D eigenvalue weighted by atomic mass is 10.1. The van der Waals surface area contributed by atoms with Crippen LogP contribution in [-0.4, -0.2) is 84.9 Å². The average molecular weight is 694 g/mol. The molecule has 0 N–H and O–H groups in total. The Hall–Kier alpha value is -3.12. The van der Waals surface area contributed by atoms with Crippen molar-refractivity contribution in [2.45, 2.75) is 77.0 Å². The smallest absolute Gasteiger partial charge is 0.410 e. The van der Waals surface area contributed by atoms with Gasteiger partial charge in [-0.25, -0.2) is 18.2 Å². The van der Waals surface area contributed by atoms with E-state index in [1.165, 1.54) is 26.2 Å². The molecule has 0 radical (unpaired) electrons. The van der Waals surface area contributed by atoms with Gasteiger partial charge in [0.2, 0.25) is 15.9 Å². The number of pyridine rings is 1. The minimum Gasteiger partial charge on any atom is -0.487 e. The second-order valence-electron chi connectivity index (χ2n) is 12.6. The van der Waals surface area contributed by atoms with Gasteiger partial charge in [-0.2, -0.15) is 4.31 Å². The highest BCUT2D eigenvalue weighted by atomic mass is 35.5. The van der Waals surface area contributed by atoms with Crippen LogP contribution in [0.3, 0.4) is 0 Å². The molecule has 250 valence electrons. The van der Waals surface area contributed by atoms with E-state index < -0.39 is 27.8 Å². The fourth-order valence-corrected chi connectivity index (χ4v) is 7.99. The Bertz CT molecular complexity index is 1730. The molecule has 46 heavy (non-hydrogen) atoms. The maximum atomic E-state index is 14.0. The van der Waals surface area contributed by atoms with E-state index in [0.29, 0.717) is 49.2 Å². The quantitative estimate of drug-likeness (QED) is 0.235. The standard InChI is InChI=1S/C33H42Cl2N4O6S/c1-21-19-22(2)36-30-23(21)11-8-13-27(30)44-20-24-25(34)14-15-28(29(24)35)46(42,43)39-18-9-12-26(39)31(40)37(6)16-10-17-38(7)32(41)45-33(3,4)5/h8,11,13-15,19,26H,9-10,12,16-18,20H2,1-7H3. The second-order valence-corrected chi connectivity index (χ2v) is 15.3. The molecular weight excluding hydrogens is 651 g/mol. The number of nitrogens with zero attached hydrogens (tertiary/aromatic N) is 4. The van der Waals surface area contributed by atoms with Crippen molar-refractivity contribution < 1.29 is 27.5 Å². The third-order valence-electron chi connectivity index (χ3n) is 7.80. The molecular formula is C33H42Cl2N4O6S. The van der Waals surface area contributed by atoms with Gasteiger partial charge in [0, 0.05) is 55.4 Å². The zero-order chi connectivity index (χ0) is 34.0. The zero-order valence-electron chi connectivity index (χ0n) is 27.4. The third-order valence-corrected chi connectivity index (χ3v) is 10.7. The summed E-state index contributed by atoms with van der Waals surface area (Å²) in [6.45, 7) is 10.1. The number of hydrogen-bond donors (Lipinski definition) is 0. The van der Waals surface area contributed by atoms with Gasteiger partial charge in [0.05, 0.1) is 5.02 Å². The lowest BCUT2D eigenvalue weighted by Gasteiger charge is -2.29. The number of ether oxygens (including phenoxy) is 2. The molecule has 1 aliphatic rings. The van der Waals surface area contributed by atoms with Crippen LogP contribution in [0.5, 0.6) is 5.75 Å². The van der Waals surface area contributed by atoms with Gasteiger partial charge in [0.15, 0.2) is 0 Å². The Morgan fingerprint density at radius 3 is 2.46 bits per heavy atom. The summed E-state index contributed by atoms with van der Waals surface area (Å²) >= 11 is 13.2. The van der Waals surface area contributed by atoms with Crippen molar-refractivity contribution in [3.05, 3.63) is 63.3 Å². The number of halogens is 2. The molecule has 0 aliphatic carbocycles. The summed E-state index contributed by atoms with van der Waals surface area (Å²) in [5.41, 5.74) is 2.31. The van der Waals surface area contributed by atoms with E-state index in [4.69, 9.17) is 32.7 Å². The summed E-state index contributed by atoms with van der Waals surface area (Å²) in [5, 5.41) is 1.15. The molecule has 1 saturated heterocycles. The van der Waals surface area contributed by atoms with Crippen LogP contribution in [0.15, 0.2) is 41.3 Å². The SMILES string of the molecule is Cc1cc(C)c2cccc(OCc3c(Cl)ccc(S(=O)(=O)N4CCCC4C(=O)N(C)CCCN(C)C(=O)OC(C)(C)C)c3Cl)c2n1. The Morgan fingerprint density at radius 2 is 1.76 bits per heavy atom. The first-order chi connectivity index (χ1) is 21.5. The van der Waals surface area contributed by atoms with E-state index in [0.717, 1.165) is 16.6 Å². The van der Waals surface area contributed by atoms with Crippen LogP contribution in [0.2, 0.25) is 10.0 Å². The van der Waals surface area contributed by atoms with Gasteiger partial charge in [0.25, 0.3) is 0 Å². The van der Waals surface area contributed by atoms with E-state index in [9.17, 15) is 18.0 Å². The van der Waals surface area contributed by atoms with Crippen LogP contribution in [0.4, 0.5) is 4.79 Å². The van der Waals surface area contributed by atoms with Crippen LogP contribution >= 0.6 is 23.2 Å². The van der Waals surface area contributed by atoms with Crippen LogP contribution < -0.4 is 4.74 Å². The van der Waals surface area contributed by atoms with Gasteiger partial charge in [-0.15, -0.1) is 0 Å². The lowest BCUT2D eigenvalue weighted by molar-refractivity contribution is -0.133. The van der Waals surface area contributed by atoms with Crippen LogP contribution in [-0.2, 0) is 26.2 Å². The van der Waals surface area contributed by atoms with E-state index in [1.54, 1.807) is 40.9 Å². The molecule has 2 aromatic carbocycles. The summed E-state index contributed by atoms with van der Waals surface area (Å²) in [6, 6.07) is 9.59. The number of aryl methyl sites for hydroxylation is 2. The van der Waals surface area contributed by atoms with E-state index in [-0.39, 0.29) is 34.0 Å². The summed E-state index contributed by atoms with van der Waals surface area (Å²) in [7, 11) is -0.900. The number of fused-ring (bicyclic) bond motifs is 1. The number of benzene rings is 2. The Balaban J connectivity index is 1.48. The molecule has 3 aromatic rings.